The molecule has 0 spiro atoms. The third-order valence-corrected chi connectivity index (χ3v) is 2.73. The molecular formula is C12H15BrFNO2. The van der Waals surface area contributed by atoms with Gasteiger partial charge in [-0.25, -0.2) is 4.39 Å². The Morgan fingerprint density at radius 3 is 2.94 bits per heavy atom. The van der Waals surface area contributed by atoms with Gasteiger partial charge >= 0.3 is 0 Å². The van der Waals surface area contributed by atoms with Crippen molar-refractivity contribution in [3.05, 3.63) is 34.1 Å². The van der Waals surface area contributed by atoms with Crippen LogP contribution in [0.1, 0.15) is 17.3 Å². The van der Waals surface area contributed by atoms with Crippen LogP contribution < -0.4 is 5.32 Å². The zero-order valence-electron chi connectivity index (χ0n) is 9.80. The van der Waals surface area contributed by atoms with Gasteiger partial charge in [-0.2, -0.15) is 0 Å². The molecule has 0 heterocycles. The van der Waals surface area contributed by atoms with Gasteiger partial charge in [-0.1, -0.05) is 22.9 Å². The van der Waals surface area contributed by atoms with Crippen molar-refractivity contribution in [2.24, 2.45) is 5.92 Å². The van der Waals surface area contributed by atoms with Crippen molar-refractivity contribution in [2.75, 3.05) is 20.3 Å². The van der Waals surface area contributed by atoms with Crippen LogP contribution in [-0.4, -0.2) is 26.2 Å². The Labute approximate surface area is 108 Å². The number of rotatable bonds is 5. The van der Waals surface area contributed by atoms with E-state index in [1.165, 1.54) is 12.1 Å². The molecule has 3 nitrogen and oxygen atoms in total. The Morgan fingerprint density at radius 1 is 1.59 bits per heavy atom. The number of hydrogen-bond acceptors (Lipinski definition) is 2. The van der Waals surface area contributed by atoms with Crippen molar-refractivity contribution in [3.8, 4) is 0 Å². The minimum absolute atomic E-state index is 0.0454. The molecule has 0 aromatic heterocycles. The number of benzene rings is 1. The molecule has 1 unspecified atom stereocenters. The van der Waals surface area contributed by atoms with Gasteiger partial charge in [0.1, 0.15) is 5.82 Å². The Bertz CT molecular complexity index is 398. The van der Waals surface area contributed by atoms with Gasteiger partial charge in [0.15, 0.2) is 0 Å². The molecule has 1 aromatic carbocycles. The molecule has 1 N–H and O–H groups in total. The minimum Gasteiger partial charge on any atom is -0.384 e. The lowest BCUT2D eigenvalue weighted by Gasteiger charge is -2.11. The molecule has 0 fully saturated rings. The zero-order chi connectivity index (χ0) is 12.8. The van der Waals surface area contributed by atoms with Crippen LogP contribution in [0.15, 0.2) is 22.7 Å². The van der Waals surface area contributed by atoms with Crippen LogP contribution in [-0.2, 0) is 4.74 Å². The normalized spacial score (nSPS) is 12.2. The number of carbonyl (C=O) groups is 1. The first kappa shape index (κ1) is 14.1. The van der Waals surface area contributed by atoms with Crippen molar-refractivity contribution >= 4 is 21.8 Å². The van der Waals surface area contributed by atoms with Gasteiger partial charge in [0.25, 0.3) is 5.91 Å². The van der Waals surface area contributed by atoms with Crippen LogP contribution in [0.2, 0.25) is 0 Å². The molecule has 0 saturated heterocycles. The summed E-state index contributed by atoms with van der Waals surface area (Å²) in [5.41, 5.74) is 0.0454. The summed E-state index contributed by atoms with van der Waals surface area (Å²) in [4.78, 5) is 11.7. The summed E-state index contributed by atoms with van der Waals surface area (Å²) in [5.74, 6) is -0.740. The topological polar surface area (TPSA) is 38.3 Å². The van der Waals surface area contributed by atoms with E-state index in [-0.39, 0.29) is 11.5 Å². The second-order valence-corrected chi connectivity index (χ2v) is 4.81. The summed E-state index contributed by atoms with van der Waals surface area (Å²) in [6.07, 6.45) is 0. The quantitative estimate of drug-likeness (QED) is 0.908. The Hall–Kier alpha value is -0.940. The van der Waals surface area contributed by atoms with Crippen LogP contribution in [0.4, 0.5) is 4.39 Å². The molecule has 94 valence electrons. The highest BCUT2D eigenvalue weighted by molar-refractivity contribution is 9.10. The number of amides is 1. The molecule has 1 aromatic rings. The Morgan fingerprint density at radius 2 is 2.29 bits per heavy atom. The minimum atomic E-state index is -0.523. The zero-order valence-corrected chi connectivity index (χ0v) is 11.4. The number of carbonyl (C=O) groups excluding carboxylic acids is 1. The highest BCUT2D eigenvalue weighted by atomic mass is 79.9. The molecule has 1 atom stereocenters. The van der Waals surface area contributed by atoms with E-state index in [0.717, 1.165) is 0 Å². The molecule has 0 bridgehead atoms. The molecule has 1 rings (SSSR count). The van der Waals surface area contributed by atoms with Crippen LogP contribution in [0.3, 0.4) is 0 Å². The summed E-state index contributed by atoms with van der Waals surface area (Å²) < 4.78 is 19.0. The number of hydrogen-bond donors (Lipinski definition) is 1. The highest BCUT2D eigenvalue weighted by Crippen LogP contribution is 2.15. The number of ether oxygens (including phenoxy) is 1. The third kappa shape index (κ3) is 4.44. The fourth-order valence-corrected chi connectivity index (χ4v) is 1.74. The van der Waals surface area contributed by atoms with E-state index in [0.29, 0.717) is 17.6 Å². The SMILES string of the molecule is COCC(C)CNC(=O)c1cc(Br)ccc1F. The van der Waals surface area contributed by atoms with Crippen molar-refractivity contribution in [2.45, 2.75) is 6.92 Å². The lowest BCUT2D eigenvalue weighted by Crippen LogP contribution is -2.30. The second kappa shape index (κ2) is 6.71. The lowest BCUT2D eigenvalue weighted by molar-refractivity contribution is 0.0930. The van der Waals surface area contributed by atoms with E-state index in [1.54, 1.807) is 13.2 Å². The van der Waals surface area contributed by atoms with Gasteiger partial charge in [0, 0.05) is 18.1 Å². The lowest BCUT2D eigenvalue weighted by atomic mass is 10.1. The number of halogens is 2. The average molecular weight is 304 g/mol. The molecule has 17 heavy (non-hydrogen) atoms. The predicted molar refractivity (Wildman–Crippen MR) is 67.5 cm³/mol. The Kier molecular flexibility index (Phi) is 5.58. The van der Waals surface area contributed by atoms with E-state index in [2.05, 4.69) is 21.2 Å². The molecular weight excluding hydrogens is 289 g/mol. The van der Waals surface area contributed by atoms with Gasteiger partial charge in [0.05, 0.1) is 12.2 Å². The van der Waals surface area contributed by atoms with Gasteiger partial charge in [-0.3, -0.25) is 4.79 Å². The standard InChI is InChI=1S/C12H15BrFNO2/c1-8(7-17-2)6-15-12(16)10-5-9(13)3-4-11(10)14/h3-5,8H,6-7H2,1-2H3,(H,15,16). The van der Waals surface area contributed by atoms with E-state index in [1.807, 2.05) is 6.92 Å². The van der Waals surface area contributed by atoms with E-state index in [9.17, 15) is 9.18 Å². The largest absolute Gasteiger partial charge is 0.384 e. The molecule has 0 saturated carbocycles. The fraction of sp³-hybridized carbons (Fsp3) is 0.417. The van der Waals surface area contributed by atoms with Crippen LogP contribution >= 0.6 is 15.9 Å². The maximum absolute atomic E-state index is 13.4. The van der Waals surface area contributed by atoms with E-state index >= 15 is 0 Å². The van der Waals surface area contributed by atoms with Gasteiger partial charge < -0.3 is 10.1 Å². The van der Waals surface area contributed by atoms with E-state index < -0.39 is 11.7 Å². The second-order valence-electron chi connectivity index (χ2n) is 3.89. The van der Waals surface area contributed by atoms with Crippen molar-refractivity contribution in [1.29, 1.82) is 0 Å². The fourth-order valence-electron chi connectivity index (χ4n) is 1.38. The smallest absolute Gasteiger partial charge is 0.254 e. The maximum Gasteiger partial charge on any atom is 0.254 e. The first-order valence-corrected chi connectivity index (χ1v) is 6.06. The summed E-state index contributed by atoms with van der Waals surface area (Å²) in [5, 5.41) is 2.67. The summed E-state index contributed by atoms with van der Waals surface area (Å²) in [6.45, 7) is 2.96. The first-order chi connectivity index (χ1) is 8.04. The number of methoxy groups -OCH3 is 1. The molecule has 0 aliphatic rings. The van der Waals surface area contributed by atoms with Crippen LogP contribution in [0.25, 0.3) is 0 Å². The maximum atomic E-state index is 13.4. The monoisotopic (exact) mass is 303 g/mol. The van der Waals surface area contributed by atoms with Gasteiger partial charge in [-0.05, 0) is 24.1 Å². The molecule has 0 aliphatic carbocycles. The van der Waals surface area contributed by atoms with Crippen LogP contribution in [0.5, 0.6) is 0 Å². The molecule has 0 radical (unpaired) electrons. The third-order valence-electron chi connectivity index (χ3n) is 2.24. The van der Waals surface area contributed by atoms with Crippen LogP contribution in [0, 0.1) is 11.7 Å². The molecule has 0 aliphatic heterocycles. The number of nitrogens with one attached hydrogen (secondary N) is 1. The van der Waals surface area contributed by atoms with Crippen molar-refractivity contribution in [1.82, 2.24) is 5.32 Å². The Balaban J connectivity index is 2.61. The first-order valence-electron chi connectivity index (χ1n) is 5.26. The summed E-state index contributed by atoms with van der Waals surface area (Å²) in [7, 11) is 1.60. The predicted octanol–water partition coefficient (Wildman–Crippen LogP) is 2.60. The van der Waals surface area contributed by atoms with Gasteiger partial charge in [0.2, 0.25) is 0 Å². The highest BCUT2D eigenvalue weighted by Gasteiger charge is 2.12. The van der Waals surface area contributed by atoms with E-state index in [4.69, 9.17) is 4.74 Å². The van der Waals surface area contributed by atoms with Crippen molar-refractivity contribution in [3.63, 3.8) is 0 Å². The summed E-state index contributed by atoms with van der Waals surface area (Å²) in [6, 6.07) is 4.28. The average Bonchev–Trinajstić information content (AvgIpc) is 2.29. The van der Waals surface area contributed by atoms with Gasteiger partial charge in [-0.15, -0.1) is 0 Å². The summed E-state index contributed by atoms with van der Waals surface area (Å²) >= 11 is 3.20. The molecule has 1 amide bonds. The van der Waals surface area contributed by atoms with Crippen molar-refractivity contribution < 1.29 is 13.9 Å². The molecule has 5 heteroatoms.